The number of aromatic amines is 1. The van der Waals surface area contributed by atoms with Crippen LogP contribution in [0.2, 0.25) is 0 Å². The van der Waals surface area contributed by atoms with E-state index in [0.717, 1.165) is 37.9 Å². The zero-order valence-corrected chi connectivity index (χ0v) is 13.4. The lowest BCUT2D eigenvalue weighted by molar-refractivity contribution is 0.958. The maximum absolute atomic E-state index is 12.1. The second-order valence-electron chi connectivity index (χ2n) is 4.92. The van der Waals surface area contributed by atoms with Crippen LogP contribution in [0.3, 0.4) is 0 Å². The molecule has 1 saturated carbocycles. The van der Waals surface area contributed by atoms with Crippen molar-refractivity contribution in [2.24, 2.45) is 0 Å². The zero-order valence-electron chi connectivity index (χ0n) is 10.4. The molecule has 1 aliphatic rings. The predicted molar refractivity (Wildman–Crippen MR) is 88.2 cm³/mol. The van der Waals surface area contributed by atoms with E-state index in [4.69, 9.17) is 0 Å². The number of fused-ring (bicyclic) bond motifs is 1. The first-order valence-electron chi connectivity index (χ1n) is 6.36. The summed E-state index contributed by atoms with van der Waals surface area (Å²) < 4.78 is 1.83. The minimum atomic E-state index is -0.0521. The number of nitrogens with one attached hydrogen (secondary N) is 1. The monoisotopic (exact) mass is 395 g/mol. The number of pyridine rings is 1. The van der Waals surface area contributed by atoms with Gasteiger partial charge in [-0.05, 0) is 52.9 Å². The molecule has 0 aliphatic heterocycles. The van der Waals surface area contributed by atoms with E-state index >= 15 is 0 Å². The molecular weight excluding hydrogens is 385 g/mol. The third-order valence-electron chi connectivity index (χ3n) is 3.43. The fourth-order valence-electron chi connectivity index (χ4n) is 2.22. The Balaban J connectivity index is 1.90. The number of halogens is 1. The molecule has 0 amide bonds. The summed E-state index contributed by atoms with van der Waals surface area (Å²) in [5.74, 6) is 1.08. The van der Waals surface area contributed by atoms with Crippen LogP contribution < -0.4 is 5.56 Å². The summed E-state index contributed by atoms with van der Waals surface area (Å²) in [7, 11) is 0. The molecule has 3 aromatic heterocycles. The zero-order chi connectivity index (χ0) is 13.7. The van der Waals surface area contributed by atoms with Crippen molar-refractivity contribution >= 4 is 44.1 Å². The minimum Gasteiger partial charge on any atom is -0.306 e. The van der Waals surface area contributed by atoms with Gasteiger partial charge in [0.2, 0.25) is 0 Å². The number of thiophene rings is 1. The molecule has 0 aromatic carbocycles. The number of nitrogens with zero attached hydrogens (tertiary/aromatic N) is 2. The molecule has 20 heavy (non-hydrogen) atoms. The quantitative estimate of drug-likeness (QED) is 0.676. The highest BCUT2D eigenvalue weighted by Crippen LogP contribution is 2.40. The van der Waals surface area contributed by atoms with Crippen LogP contribution in [-0.4, -0.2) is 15.0 Å². The second kappa shape index (κ2) is 4.63. The smallest absolute Gasteiger partial charge is 0.264 e. The van der Waals surface area contributed by atoms with Crippen LogP contribution in [0.15, 0.2) is 28.5 Å². The Morgan fingerprint density at radius 2 is 2.25 bits per heavy atom. The van der Waals surface area contributed by atoms with Crippen molar-refractivity contribution < 1.29 is 0 Å². The van der Waals surface area contributed by atoms with Crippen LogP contribution in [0.5, 0.6) is 0 Å². The van der Waals surface area contributed by atoms with Gasteiger partial charge in [-0.1, -0.05) is 0 Å². The third-order valence-corrected chi connectivity index (χ3v) is 5.32. The molecule has 0 atom stereocenters. The molecule has 0 radical (unpaired) electrons. The Morgan fingerprint density at radius 1 is 1.40 bits per heavy atom. The highest BCUT2D eigenvalue weighted by Gasteiger charge is 2.29. The van der Waals surface area contributed by atoms with E-state index in [9.17, 15) is 4.79 Å². The topological polar surface area (TPSA) is 58.6 Å². The fraction of sp³-hybridized carbons (Fsp3) is 0.214. The van der Waals surface area contributed by atoms with Crippen molar-refractivity contribution in [3.8, 4) is 11.4 Å². The van der Waals surface area contributed by atoms with Gasteiger partial charge in [-0.2, -0.15) is 0 Å². The van der Waals surface area contributed by atoms with Crippen LogP contribution in [0.25, 0.3) is 21.6 Å². The largest absolute Gasteiger partial charge is 0.306 e. The van der Waals surface area contributed by atoms with Gasteiger partial charge in [0.25, 0.3) is 5.56 Å². The number of hydrogen-bond acceptors (Lipinski definition) is 4. The van der Waals surface area contributed by atoms with Crippen molar-refractivity contribution in [2.45, 2.75) is 18.8 Å². The first kappa shape index (κ1) is 12.5. The Hall–Kier alpha value is -1.28. The molecule has 1 N–H and O–H groups in total. The second-order valence-corrected chi connectivity index (χ2v) is 6.94. The summed E-state index contributed by atoms with van der Waals surface area (Å²) in [6.45, 7) is 0. The lowest BCUT2D eigenvalue weighted by Gasteiger charge is -2.05. The van der Waals surface area contributed by atoms with Crippen molar-refractivity contribution in [3.63, 3.8) is 0 Å². The van der Waals surface area contributed by atoms with Crippen LogP contribution in [0, 0.1) is 3.57 Å². The highest BCUT2D eigenvalue weighted by atomic mass is 127. The normalized spacial score (nSPS) is 14.8. The summed E-state index contributed by atoms with van der Waals surface area (Å²) in [6.07, 6.45) is 4.04. The minimum absolute atomic E-state index is 0.0521. The first-order valence-corrected chi connectivity index (χ1v) is 8.31. The predicted octanol–water partition coefficient (Wildman–Crippen LogP) is 3.53. The van der Waals surface area contributed by atoms with E-state index in [0.29, 0.717) is 11.7 Å². The van der Waals surface area contributed by atoms with Crippen LogP contribution in [0.1, 0.15) is 24.5 Å². The van der Waals surface area contributed by atoms with Crippen molar-refractivity contribution in [3.05, 3.63) is 43.3 Å². The van der Waals surface area contributed by atoms with Gasteiger partial charge in [-0.25, -0.2) is 4.98 Å². The molecule has 0 unspecified atom stereocenters. The van der Waals surface area contributed by atoms with E-state index in [2.05, 4.69) is 37.5 Å². The Labute approximate surface area is 132 Å². The number of rotatable bonds is 2. The van der Waals surface area contributed by atoms with Crippen molar-refractivity contribution in [2.75, 3.05) is 0 Å². The third kappa shape index (κ3) is 2.07. The van der Waals surface area contributed by atoms with E-state index in [1.165, 1.54) is 0 Å². The molecule has 0 bridgehead atoms. The van der Waals surface area contributed by atoms with E-state index < -0.39 is 0 Å². The standard InChI is InChI=1S/C14H10IN3OS/c15-11-12(7-1-2-7)17-13(18-14(11)19)8-5-10-9(16-6-8)3-4-20-10/h3-7H,1-2H2,(H,17,18,19). The molecule has 4 rings (SSSR count). The molecule has 0 saturated heterocycles. The van der Waals surface area contributed by atoms with Crippen LogP contribution >= 0.6 is 33.9 Å². The first-order chi connectivity index (χ1) is 9.72. The van der Waals surface area contributed by atoms with Gasteiger partial charge in [0, 0.05) is 17.7 Å². The summed E-state index contributed by atoms with van der Waals surface area (Å²) >= 11 is 3.73. The van der Waals surface area contributed by atoms with Crippen LogP contribution in [-0.2, 0) is 0 Å². The number of aromatic nitrogens is 3. The Bertz CT molecular complexity index is 866. The van der Waals surface area contributed by atoms with E-state index in [-0.39, 0.29) is 5.56 Å². The van der Waals surface area contributed by atoms with Gasteiger partial charge in [-0.15, -0.1) is 11.3 Å². The highest BCUT2D eigenvalue weighted by molar-refractivity contribution is 14.1. The molecule has 0 spiro atoms. The van der Waals surface area contributed by atoms with Gasteiger partial charge < -0.3 is 4.98 Å². The van der Waals surface area contributed by atoms with Gasteiger partial charge in [0.15, 0.2) is 0 Å². The number of hydrogen-bond donors (Lipinski definition) is 1. The molecule has 4 nitrogen and oxygen atoms in total. The van der Waals surface area contributed by atoms with Gasteiger partial charge in [-0.3, -0.25) is 9.78 Å². The maximum Gasteiger partial charge on any atom is 0.264 e. The molecule has 3 aromatic rings. The summed E-state index contributed by atoms with van der Waals surface area (Å²) in [6, 6.07) is 4.03. The summed E-state index contributed by atoms with van der Waals surface area (Å²) in [5.41, 5.74) is 2.74. The molecule has 100 valence electrons. The number of H-pyrrole nitrogens is 1. The SMILES string of the molecule is O=c1[nH]c(-c2cnc3ccsc3c2)nc(C2CC2)c1I. The average Bonchev–Trinajstić information content (AvgIpc) is 3.18. The molecule has 6 heteroatoms. The maximum atomic E-state index is 12.1. The molecular formula is C14H10IN3OS. The Kier molecular flexibility index (Phi) is 2.88. The van der Waals surface area contributed by atoms with Crippen LogP contribution in [0.4, 0.5) is 0 Å². The molecule has 3 heterocycles. The Morgan fingerprint density at radius 3 is 3.05 bits per heavy atom. The molecule has 1 fully saturated rings. The fourth-order valence-corrected chi connectivity index (χ4v) is 3.69. The summed E-state index contributed by atoms with van der Waals surface area (Å²) in [4.78, 5) is 24.0. The average molecular weight is 395 g/mol. The van der Waals surface area contributed by atoms with Crippen molar-refractivity contribution in [1.82, 2.24) is 15.0 Å². The van der Waals surface area contributed by atoms with E-state index in [1.54, 1.807) is 17.5 Å². The lowest BCUT2D eigenvalue weighted by atomic mass is 10.2. The molecule has 1 aliphatic carbocycles. The van der Waals surface area contributed by atoms with Gasteiger partial charge in [0.1, 0.15) is 5.82 Å². The summed E-state index contributed by atoms with van der Waals surface area (Å²) in [5, 5.41) is 2.02. The van der Waals surface area contributed by atoms with E-state index in [1.807, 2.05) is 17.5 Å². The van der Waals surface area contributed by atoms with Gasteiger partial charge in [0.05, 0.1) is 19.5 Å². The van der Waals surface area contributed by atoms with Crippen molar-refractivity contribution in [1.29, 1.82) is 0 Å². The lowest BCUT2D eigenvalue weighted by Crippen LogP contribution is -2.16. The van der Waals surface area contributed by atoms with Gasteiger partial charge >= 0.3 is 0 Å².